The van der Waals surface area contributed by atoms with Gasteiger partial charge in [0.15, 0.2) is 0 Å². The van der Waals surface area contributed by atoms with Crippen molar-refractivity contribution in [2.45, 2.75) is 0 Å². The lowest BCUT2D eigenvalue weighted by atomic mass is 10.1. The van der Waals surface area contributed by atoms with Crippen LogP contribution in [0.3, 0.4) is 0 Å². The molecule has 0 saturated carbocycles. The van der Waals surface area contributed by atoms with Gasteiger partial charge in [0.25, 0.3) is 0 Å². The second kappa shape index (κ2) is 11.4. The molecule has 4 aromatic rings. The van der Waals surface area contributed by atoms with Crippen molar-refractivity contribution in [1.29, 1.82) is 0 Å². The number of azo groups is 2. The summed E-state index contributed by atoms with van der Waals surface area (Å²) in [5.41, 5.74) is 16.2. The summed E-state index contributed by atoms with van der Waals surface area (Å²) in [6.45, 7) is 0. The van der Waals surface area contributed by atoms with Gasteiger partial charge in [0.05, 0.1) is 33.9 Å². The molecule has 4 rings (SSSR count). The molecule has 0 fully saturated rings. The zero-order valence-electron chi connectivity index (χ0n) is 19.9. The van der Waals surface area contributed by atoms with E-state index in [2.05, 4.69) is 20.5 Å². The lowest BCUT2D eigenvalue weighted by Crippen LogP contribution is -1.96. The molecule has 0 aliphatic carbocycles. The van der Waals surface area contributed by atoms with Gasteiger partial charge in [0, 0.05) is 0 Å². The molecule has 0 radical (unpaired) electrons. The average molecular weight is 507 g/mol. The molecule has 38 heavy (non-hydrogen) atoms. The van der Waals surface area contributed by atoms with Crippen LogP contribution in [-0.4, -0.2) is 22.2 Å². The van der Waals surface area contributed by atoms with Crippen molar-refractivity contribution < 1.29 is 19.8 Å². The first-order valence-electron chi connectivity index (χ1n) is 11.3. The van der Waals surface area contributed by atoms with Crippen LogP contribution < -0.4 is 11.5 Å². The summed E-state index contributed by atoms with van der Waals surface area (Å²) < 4.78 is 0. The number of anilines is 2. The number of rotatable bonds is 8. The first-order chi connectivity index (χ1) is 18.3. The fraction of sp³-hybridized carbons (Fsp3) is 0. The van der Waals surface area contributed by atoms with Gasteiger partial charge in [-0.15, -0.1) is 10.2 Å². The predicted molar refractivity (Wildman–Crippen MR) is 146 cm³/mol. The Hall–Kier alpha value is -5.64. The molecule has 0 unspecified atom stereocenters. The Kier molecular flexibility index (Phi) is 7.63. The van der Waals surface area contributed by atoms with Crippen molar-refractivity contribution in [2.24, 2.45) is 20.5 Å². The van der Waals surface area contributed by atoms with E-state index >= 15 is 0 Å². The Morgan fingerprint density at radius 2 is 0.921 bits per heavy atom. The number of nitrogen functional groups attached to an aromatic ring is 2. The zero-order chi connectivity index (χ0) is 27.1. The lowest BCUT2D eigenvalue weighted by molar-refractivity contribution is 0.0686. The van der Waals surface area contributed by atoms with Crippen LogP contribution in [0.15, 0.2) is 105 Å². The maximum atomic E-state index is 11.1. The van der Waals surface area contributed by atoms with Crippen LogP contribution in [0.2, 0.25) is 0 Å². The fourth-order valence-electron chi connectivity index (χ4n) is 3.25. The minimum Gasteiger partial charge on any atom is -0.478 e. The standard InChI is InChI=1S/C28H22N6O4/c29-23-13-7-19(27(35)36)15-25(23)33-31-21-9-3-17(4-10-21)1-2-18-5-11-22(12-6-18)32-34-26-16-20(28(37)38)8-14-24(26)30/h1-16H,29-30H2,(H,35,36)(H,37,38)/b2-1+,33-31?,34-32?. The zero-order valence-corrected chi connectivity index (χ0v) is 19.9. The highest BCUT2D eigenvalue weighted by Crippen LogP contribution is 2.27. The summed E-state index contributed by atoms with van der Waals surface area (Å²) in [6, 6.07) is 23.2. The summed E-state index contributed by atoms with van der Waals surface area (Å²) in [5.74, 6) is -2.13. The molecule has 0 saturated heterocycles. The van der Waals surface area contributed by atoms with Crippen LogP contribution in [0.4, 0.5) is 34.1 Å². The number of carboxylic acids is 2. The van der Waals surface area contributed by atoms with Crippen LogP contribution >= 0.6 is 0 Å². The Labute approximate surface area is 217 Å². The average Bonchev–Trinajstić information content (AvgIpc) is 2.92. The maximum Gasteiger partial charge on any atom is 0.335 e. The monoisotopic (exact) mass is 506 g/mol. The molecule has 0 aromatic heterocycles. The second-order valence-corrected chi connectivity index (χ2v) is 8.07. The molecule has 188 valence electrons. The summed E-state index contributed by atoms with van der Waals surface area (Å²) in [6.07, 6.45) is 3.87. The summed E-state index contributed by atoms with van der Waals surface area (Å²) in [7, 11) is 0. The molecule has 0 aliphatic heterocycles. The van der Waals surface area contributed by atoms with Crippen molar-refractivity contribution in [1.82, 2.24) is 0 Å². The lowest BCUT2D eigenvalue weighted by Gasteiger charge is -2.01. The number of nitrogens with zero attached hydrogens (tertiary/aromatic N) is 4. The molecule has 0 bridgehead atoms. The minimum absolute atomic E-state index is 0.0833. The number of benzene rings is 4. The van der Waals surface area contributed by atoms with E-state index in [-0.39, 0.29) is 22.5 Å². The first-order valence-corrected chi connectivity index (χ1v) is 11.3. The molecule has 0 spiro atoms. The summed E-state index contributed by atoms with van der Waals surface area (Å²) in [4.78, 5) is 22.3. The highest BCUT2D eigenvalue weighted by atomic mass is 16.4. The molecule has 10 heteroatoms. The van der Waals surface area contributed by atoms with E-state index in [1.54, 1.807) is 24.3 Å². The van der Waals surface area contributed by atoms with Crippen LogP contribution in [-0.2, 0) is 0 Å². The van der Waals surface area contributed by atoms with Crippen LogP contribution in [0.1, 0.15) is 31.8 Å². The SMILES string of the molecule is Nc1ccc(C(=O)O)cc1N=Nc1ccc(/C=C/c2ccc(N=Nc3cc(C(=O)O)ccc3N)cc2)cc1. The Bertz CT molecular complexity index is 1460. The van der Waals surface area contributed by atoms with Gasteiger partial charge in [-0.25, -0.2) is 9.59 Å². The van der Waals surface area contributed by atoms with Gasteiger partial charge in [-0.2, -0.15) is 10.2 Å². The van der Waals surface area contributed by atoms with Crippen LogP contribution in [0, 0.1) is 0 Å². The molecular formula is C28H22N6O4. The molecule has 10 nitrogen and oxygen atoms in total. The van der Waals surface area contributed by atoms with Crippen molar-refractivity contribution in [2.75, 3.05) is 11.5 Å². The molecule has 0 amide bonds. The number of carbonyl (C=O) groups is 2. The molecule has 0 atom stereocenters. The topological polar surface area (TPSA) is 176 Å². The predicted octanol–water partition coefficient (Wildman–Crippen LogP) is 7.25. The van der Waals surface area contributed by atoms with E-state index in [0.717, 1.165) is 11.1 Å². The molecule has 0 aliphatic rings. The fourth-order valence-corrected chi connectivity index (χ4v) is 3.25. The quantitative estimate of drug-likeness (QED) is 0.111. The third-order valence-electron chi connectivity index (χ3n) is 5.36. The third kappa shape index (κ3) is 6.52. The van der Waals surface area contributed by atoms with Gasteiger partial charge in [-0.1, -0.05) is 36.4 Å². The van der Waals surface area contributed by atoms with Gasteiger partial charge in [0.1, 0.15) is 11.4 Å². The minimum atomic E-state index is -1.06. The van der Waals surface area contributed by atoms with Crippen molar-refractivity contribution in [3.8, 4) is 0 Å². The van der Waals surface area contributed by atoms with E-state index < -0.39 is 11.9 Å². The summed E-state index contributed by atoms with van der Waals surface area (Å²) >= 11 is 0. The Morgan fingerprint density at radius 1 is 0.553 bits per heavy atom. The molecule has 6 N–H and O–H groups in total. The smallest absolute Gasteiger partial charge is 0.335 e. The van der Waals surface area contributed by atoms with Gasteiger partial charge >= 0.3 is 11.9 Å². The Morgan fingerprint density at radius 3 is 1.26 bits per heavy atom. The number of nitrogens with two attached hydrogens (primary N) is 2. The van der Waals surface area contributed by atoms with Gasteiger partial charge in [-0.3, -0.25) is 0 Å². The third-order valence-corrected chi connectivity index (χ3v) is 5.36. The largest absolute Gasteiger partial charge is 0.478 e. The molecule has 4 aromatic carbocycles. The number of carboxylic acid groups (broad SMARTS) is 2. The number of hydrogen-bond donors (Lipinski definition) is 4. The van der Waals surface area contributed by atoms with Gasteiger partial charge in [0.2, 0.25) is 0 Å². The highest BCUT2D eigenvalue weighted by molar-refractivity contribution is 5.90. The number of aromatic carboxylic acids is 2. The van der Waals surface area contributed by atoms with Crippen LogP contribution in [0.25, 0.3) is 12.2 Å². The van der Waals surface area contributed by atoms with E-state index in [9.17, 15) is 9.59 Å². The number of hydrogen-bond acceptors (Lipinski definition) is 8. The van der Waals surface area contributed by atoms with Crippen molar-refractivity contribution in [3.05, 3.63) is 107 Å². The van der Waals surface area contributed by atoms with Gasteiger partial charge < -0.3 is 21.7 Å². The Balaban J connectivity index is 1.39. The molecular weight excluding hydrogens is 484 g/mol. The molecule has 0 heterocycles. The van der Waals surface area contributed by atoms with E-state index in [1.165, 1.54) is 36.4 Å². The van der Waals surface area contributed by atoms with E-state index in [0.29, 0.717) is 22.7 Å². The van der Waals surface area contributed by atoms with Crippen LogP contribution in [0.5, 0.6) is 0 Å². The van der Waals surface area contributed by atoms with Crippen molar-refractivity contribution >= 4 is 58.2 Å². The van der Waals surface area contributed by atoms with E-state index in [1.807, 2.05) is 36.4 Å². The normalized spacial score (nSPS) is 11.5. The van der Waals surface area contributed by atoms with Gasteiger partial charge in [-0.05, 0) is 71.8 Å². The summed E-state index contributed by atoms with van der Waals surface area (Å²) in [5, 5.41) is 34.6. The van der Waals surface area contributed by atoms with Crippen molar-refractivity contribution in [3.63, 3.8) is 0 Å². The highest BCUT2D eigenvalue weighted by Gasteiger charge is 2.07. The van der Waals surface area contributed by atoms with E-state index in [4.69, 9.17) is 21.7 Å². The first kappa shape index (κ1) is 25.5. The second-order valence-electron chi connectivity index (χ2n) is 8.07. The maximum absolute atomic E-state index is 11.1.